The Morgan fingerprint density at radius 2 is 2.19 bits per heavy atom. The van der Waals surface area contributed by atoms with E-state index < -0.39 is 12.1 Å². The Hall–Kier alpha value is -1.42. The number of carbonyl (C=O) groups excluding carboxylic acids is 1. The van der Waals surface area contributed by atoms with Gasteiger partial charge in [0, 0.05) is 11.9 Å². The molecule has 0 aliphatic carbocycles. The second kappa shape index (κ2) is 7.82. The molecule has 16 heavy (non-hydrogen) atoms. The van der Waals surface area contributed by atoms with Gasteiger partial charge in [0.05, 0.1) is 6.61 Å². The van der Waals surface area contributed by atoms with Crippen LogP contribution in [-0.2, 0) is 9.53 Å². The van der Waals surface area contributed by atoms with E-state index in [4.69, 9.17) is 5.11 Å². The van der Waals surface area contributed by atoms with Crippen molar-refractivity contribution in [3.63, 3.8) is 0 Å². The van der Waals surface area contributed by atoms with E-state index in [9.17, 15) is 4.79 Å². The lowest BCUT2D eigenvalue weighted by molar-refractivity contribution is -0.151. The molecule has 1 aromatic rings. The van der Waals surface area contributed by atoms with Crippen LogP contribution in [0.1, 0.15) is 25.1 Å². The molecule has 1 heterocycles. The third kappa shape index (κ3) is 6.95. The van der Waals surface area contributed by atoms with Gasteiger partial charge in [-0.15, -0.1) is 0 Å². The lowest BCUT2D eigenvalue weighted by atomic mass is 10.3. The maximum absolute atomic E-state index is 10.3. The largest absolute Gasteiger partial charge is 0.464 e. The van der Waals surface area contributed by atoms with Crippen molar-refractivity contribution >= 4 is 5.97 Å². The summed E-state index contributed by atoms with van der Waals surface area (Å²) in [5.41, 5.74) is 2.36. The van der Waals surface area contributed by atoms with E-state index in [0.29, 0.717) is 6.61 Å². The number of hydrogen-bond acceptors (Lipinski definition) is 4. The molecule has 1 N–H and O–H groups in total. The van der Waals surface area contributed by atoms with Crippen LogP contribution in [0.25, 0.3) is 0 Å². The van der Waals surface area contributed by atoms with Crippen LogP contribution in [0.5, 0.6) is 0 Å². The minimum absolute atomic E-state index is 0.323. The van der Waals surface area contributed by atoms with Gasteiger partial charge in [0.2, 0.25) is 0 Å². The summed E-state index contributed by atoms with van der Waals surface area (Å²) in [7, 11) is 0. The van der Waals surface area contributed by atoms with Crippen LogP contribution in [-0.4, -0.2) is 28.8 Å². The van der Waals surface area contributed by atoms with Crippen molar-refractivity contribution in [1.29, 1.82) is 0 Å². The van der Waals surface area contributed by atoms with E-state index in [0.717, 1.165) is 5.69 Å². The smallest absolute Gasteiger partial charge is 0.334 e. The predicted octanol–water partition coefficient (Wildman–Crippen LogP) is 1.63. The third-order valence-corrected chi connectivity index (χ3v) is 1.68. The van der Waals surface area contributed by atoms with Crippen molar-refractivity contribution in [2.45, 2.75) is 33.8 Å². The van der Waals surface area contributed by atoms with E-state index in [1.165, 1.54) is 12.5 Å². The molecule has 1 aromatic heterocycles. The SMILES string of the molecule is CCOC(=O)C(C)O.Cc1ccnc(C)c1. The van der Waals surface area contributed by atoms with Crippen LogP contribution in [0.15, 0.2) is 18.3 Å². The summed E-state index contributed by atoms with van der Waals surface area (Å²) in [6.45, 7) is 7.45. The van der Waals surface area contributed by atoms with E-state index in [1.807, 2.05) is 19.2 Å². The number of esters is 1. The quantitative estimate of drug-likeness (QED) is 0.777. The summed E-state index contributed by atoms with van der Waals surface area (Å²) in [6.07, 6.45) is 0.833. The summed E-state index contributed by atoms with van der Waals surface area (Å²) in [5.74, 6) is -0.562. The molecule has 0 spiro atoms. The monoisotopic (exact) mass is 225 g/mol. The van der Waals surface area contributed by atoms with E-state index >= 15 is 0 Å². The van der Waals surface area contributed by atoms with Gasteiger partial charge in [-0.2, -0.15) is 0 Å². The molecule has 1 atom stereocenters. The molecule has 90 valence electrons. The van der Waals surface area contributed by atoms with Gasteiger partial charge < -0.3 is 9.84 Å². The minimum atomic E-state index is -0.991. The number of carbonyl (C=O) groups is 1. The number of aliphatic hydroxyl groups is 1. The maximum atomic E-state index is 10.3. The van der Waals surface area contributed by atoms with Crippen molar-refractivity contribution < 1.29 is 14.6 Å². The topological polar surface area (TPSA) is 59.4 Å². The number of hydrogen-bond donors (Lipinski definition) is 1. The van der Waals surface area contributed by atoms with Crippen LogP contribution in [0.2, 0.25) is 0 Å². The molecule has 0 aliphatic heterocycles. The summed E-state index contributed by atoms with van der Waals surface area (Å²) in [4.78, 5) is 14.3. The normalized spacial score (nSPS) is 11.1. The Morgan fingerprint density at radius 1 is 1.56 bits per heavy atom. The average molecular weight is 225 g/mol. The molecule has 0 fully saturated rings. The van der Waals surface area contributed by atoms with Crippen LogP contribution in [0.3, 0.4) is 0 Å². The Labute approximate surface area is 96.3 Å². The van der Waals surface area contributed by atoms with Crippen molar-refractivity contribution in [1.82, 2.24) is 4.98 Å². The Bertz CT molecular complexity index is 307. The Balaban J connectivity index is 0.000000281. The number of nitrogens with zero attached hydrogens (tertiary/aromatic N) is 1. The number of aliphatic hydroxyl groups excluding tert-OH is 1. The Morgan fingerprint density at radius 3 is 2.44 bits per heavy atom. The van der Waals surface area contributed by atoms with Crippen molar-refractivity contribution in [2.24, 2.45) is 0 Å². The van der Waals surface area contributed by atoms with Gasteiger partial charge in [0.25, 0.3) is 0 Å². The second-order valence-electron chi connectivity index (χ2n) is 3.40. The Kier molecular flexibility index (Phi) is 7.12. The first-order valence-electron chi connectivity index (χ1n) is 5.21. The van der Waals surface area contributed by atoms with Gasteiger partial charge in [-0.3, -0.25) is 4.98 Å². The molecule has 1 unspecified atom stereocenters. The lowest BCUT2D eigenvalue weighted by Crippen LogP contribution is -2.18. The zero-order valence-corrected chi connectivity index (χ0v) is 10.2. The van der Waals surface area contributed by atoms with Gasteiger partial charge in [0.1, 0.15) is 6.10 Å². The summed E-state index contributed by atoms with van der Waals surface area (Å²) < 4.78 is 4.41. The highest BCUT2D eigenvalue weighted by Crippen LogP contribution is 1.95. The molecule has 0 aliphatic rings. The van der Waals surface area contributed by atoms with Gasteiger partial charge in [-0.1, -0.05) is 0 Å². The molecule has 0 bridgehead atoms. The summed E-state index contributed by atoms with van der Waals surface area (Å²) in [6, 6.07) is 4.05. The highest BCUT2D eigenvalue weighted by molar-refractivity contribution is 5.73. The minimum Gasteiger partial charge on any atom is -0.464 e. The van der Waals surface area contributed by atoms with Crippen LogP contribution in [0.4, 0.5) is 0 Å². The zero-order chi connectivity index (χ0) is 12.6. The molecule has 0 amide bonds. The van der Waals surface area contributed by atoms with Crippen molar-refractivity contribution in [3.05, 3.63) is 29.6 Å². The zero-order valence-electron chi connectivity index (χ0n) is 10.2. The molecule has 0 saturated carbocycles. The molecular formula is C12H19NO3. The molecule has 0 aromatic carbocycles. The summed E-state index contributed by atoms with van der Waals surface area (Å²) in [5, 5.41) is 8.48. The molecule has 1 rings (SSSR count). The molecular weight excluding hydrogens is 206 g/mol. The average Bonchev–Trinajstić information content (AvgIpc) is 2.18. The molecule has 0 radical (unpaired) electrons. The standard InChI is InChI=1S/C7H9N.C5H10O3/c1-6-3-4-8-7(2)5-6;1-3-8-5(7)4(2)6/h3-5H,1-2H3;4,6H,3H2,1-2H3. The molecule has 0 saturated heterocycles. The predicted molar refractivity (Wildman–Crippen MR) is 62.0 cm³/mol. The number of pyridine rings is 1. The van der Waals surface area contributed by atoms with Gasteiger partial charge >= 0.3 is 5.97 Å². The van der Waals surface area contributed by atoms with E-state index in [1.54, 1.807) is 6.92 Å². The molecule has 4 heteroatoms. The fourth-order valence-corrected chi connectivity index (χ4v) is 0.950. The van der Waals surface area contributed by atoms with E-state index in [-0.39, 0.29) is 0 Å². The van der Waals surface area contributed by atoms with Crippen LogP contribution >= 0.6 is 0 Å². The number of aryl methyl sites for hydroxylation is 2. The fraction of sp³-hybridized carbons (Fsp3) is 0.500. The third-order valence-electron chi connectivity index (χ3n) is 1.68. The highest BCUT2D eigenvalue weighted by Gasteiger charge is 2.07. The summed E-state index contributed by atoms with van der Waals surface area (Å²) >= 11 is 0. The first-order chi connectivity index (χ1) is 7.47. The first-order valence-corrected chi connectivity index (χ1v) is 5.21. The number of aromatic nitrogens is 1. The van der Waals surface area contributed by atoms with Gasteiger partial charge in [0.15, 0.2) is 0 Å². The molecule has 4 nitrogen and oxygen atoms in total. The van der Waals surface area contributed by atoms with E-state index in [2.05, 4.69) is 22.7 Å². The van der Waals surface area contributed by atoms with Gasteiger partial charge in [-0.25, -0.2) is 4.79 Å². The fourth-order valence-electron chi connectivity index (χ4n) is 0.950. The number of ether oxygens (including phenoxy) is 1. The van der Waals surface area contributed by atoms with Crippen LogP contribution in [0, 0.1) is 13.8 Å². The van der Waals surface area contributed by atoms with Crippen molar-refractivity contribution in [3.8, 4) is 0 Å². The lowest BCUT2D eigenvalue weighted by Gasteiger charge is -2.01. The second-order valence-corrected chi connectivity index (χ2v) is 3.40. The highest BCUT2D eigenvalue weighted by atomic mass is 16.5. The van der Waals surface area contributed by atoms with Crippen molar-refractivity contribution in [2.75, 3.05) is 6.61 Å². The van der Waals surface area contributed by atoms with Crippen LogP contribution < -0.4 is 0 Å². The number of rotatable bonds is 2. The van der Waals surface area contributed by atoms with Gasteiger partial charge in [-0.05, 0) is 45.4 Å². The maximum Gasteiger partial charge on any atom is 0.334 e. The first kappa shape index (κ1) is 14.6.